The van der Waals surface area contributed by atoms with Crippen molar-refractivity contribution in [3.05, 3.63) is 0 Å². The molecule has 0 N–H and O–H groups in total. The zero-order valence-electron chi connectivity index (χ0n) is 9.58. The Morgan fingerprint density at radius 3 is 2.29 bits per heavy atom. The number of carbonyl (C=O) groups is 1. The second-order valence-corrected chi connectivity index (χ2v) is 4.89. The van der Waals surface area contributed by atoms with Gasteiger partial charge in [-0.1, -0.05) is 29.8 Å². The standard InChI is InChI=1S/C10H20BrNO2/c1-7(2)9(11)10(13)12(4)8(3)6-14-5/h7-9H,6H2,1-5H3. The summed E-state index contributed by atoms with van der Waals surface area (Å²) >= 11 is 3.40. The first-order chi connectivity index (χ1) is 6.41. The lowest BCUT2D eigenvalue weighted by Gasteiger charge is -2.27. The summed E-state index contributed by atoms with van der Waals surface area (Å²) in [5, 5.41) is 0. The molecule has 0 aromatic heterocycles. The number of carbonyl (C=O) groups excluding carboxylic acids is 1. The Labute approximate surface area is 94.9 Å². The van der Waals surface area contributed by atoms with Crippen LogP contribution in [0.4, 0.5) is 0 Å². The Hall–Kier alpha value is -0.0900. The van der Waals surface area contributed by atoms with Crippen LogP contribution in [-0.2, 0) is 9.53 Å². The van der Waals surface area contributed by atoms with Gasteiger partial charge < -0.3 is 9.64 Å². The number of halogens is 1. The molecule has 0 radical (unpaired) electrons. The van der Waals surface area contributed by atoms with Crippen LogP contribution >= 0.6 is 15.9 Å². The molecule has 0 spiro atoms. The van der Waals surface area contributed by atoms with Crippen LogP contribution in [0.5, 0.6) is 0 Å². The summed E-state index contributed by atoms with van der Waals surface area (Å²) in [4.78, 5) is 13.4. The molecule has 2 unspecified atom stereocenters. The molecule has 3 nitrogen and oxygen atoms in total. The predicted octanol–water partition coefficient (Wildman–Crippen LogP) is 1.90. The number of hydrogen-bond donors (Lipinski definition) is 0. The van der Waals surface area contributed by atoms with E-state index in [0.717, 1.165) is 0 Å². The fraction of sp³-hybridized carbons (Fsp3) is 0.900. The van der Waals surface area contributed by atoms with Crippen molar-refractivity contribution in [2.75, 3.05) is 20.8 Å². The van der Waals surface area contributed by atoms with Crippen molar-refractivity contribution in [1.82, 2.24) is 4.90 Å². The highest BCUT2D eigenvalue weighted by Gasteiger charge is 2.24. The Morgan fingerprint density at radius 1 is 1.43 bits per heavy atom. The zero-order valence-corrected chi connectivity index (χ0v) is 11.2. The van der Waals surface area contributed by atoms with Gasteiger partial charge in [-0.2, -0.15) is 0 Å². The molecule has 0 rings (SSSR count). The lowest BCUT2D eigenvalue weighted by atomic mass is 10.1. The Balaban J connectivity index is 4.23. The fourth-order valence-corrected chi connectivity index (χ4v) is 1.37. The molecule has 0 saturated carbocycles. The van der Waals surface area contributed by atoms with E-state index >= 15 is 0 Å². The van der Waals surface area contributed by atoms with E-state index in [1.165, 1.54) is 0 Å². The summed E-state index contributed by atoms with van der Waals surface area (Å²) in [6.07, 6.45) is 0. The lowest BCUT2D eigenvalue weighted by Crippen LogP contribution is -2.43. The highest BCUT2D eigenvalue weighted by molar-refractivity contribution is 9.10. The SMILES string of the molecule is COCC(C)N(C)C(=O)C(Br)C(C)C. The normalized spacial score (nSPS) is 15.4. The van der Waals surface area contributed by atoms with E-state index < -0.39 is 0 Å². The van der Waals surface area contributed by atoms with Gasteiger partial charge in [0.1, 0.15) is 0 Å². The number of amides is 1. The van der Waals surface area contributed by atoms with Gasteiger partial charge in [0.05, 0.1) is 17.5 Å². The van der Waals surface area contributed by atoms with Gasteiger partial charge in [-0.05, 0) is 12.8 Å². The molecular weight excluding hydrogens is 246 g/mol. The van der Waals surface area contributed by atoms with Crippen molar-refractivity contribution in [2.24, 2.45) is 5.92 Å². The van der Waals surface area contributed by atoms with E-state index in [9.17, 15) is 4.79 Å². The largest absolute Gasteiger partial charge is 0.383 e. The maximum atomic E-state index is 11.8. The highest BCUT2D eigenvalue weighted by Crippen LogP contribution is 2.15. The van der Waals surface area contributed by atoms with Crippen LogP contribution in [-0.4, -0.2) is 42.4 Å². The van der Waals surface area contributed by atoms with E-state index in [-0.39, 0.29) is 16.8 Å². The topological polar surface area (TPSA) is 29.5 Å². The van der Waals surface area contributed by atoms with Crippen molar-refractivity contribution < 1.29 is 9.53 Å². The van der Waals surface area contributed by atoms with Crippen LogP contribution < -0.4 is 0 Å². The average molecular weight is 266 g/mol. The number of ether oxygens (including phenoxy) is 1. The van der Waals surface area contributed by atoms with Crippen molar-refractivity contribution in [3.8, 4) is 0 Å². The third-order valence-corrected chi connectivity index (χ3v) is 3.69. The number of methoxy groups -OCH3 is 1. The minimum Gasteiger partial charge on any atom is -0.383 e. The molecule has 0 aliphatic rings. The van der Waals surface area contributed by atoms with Gasteiger partial charge in [-0.3, -0.25) is 4.79 Å². The molecule has 0 aromatic carbocycles. The maximum absolute atomic E-state index is 11.8. The van der Waals surface area contributed by atoms with E-state index in [4.69, 9.17) is 4.74 Å². The number of alkyl halides is 1. The summed E-state index contributed by atoms with van der Waals surface area (Å²) in [5.41, 5.74) is 0. The van der Waals surface area contributed by atoms with Crippen LogP contribution in [0.25, 0.3) is 0 Å². The quantitative estimate of drug-likeness (QED) is 0.711. The summed E-state index contributed by atoms with van der Waals surface area (Å²) < 4.78 is 5.01. The molecular formula is C10H20BrNO2. The first kappa shape index (κ1) is 13.9. The summed E-state index contributed by atoms with van der Waals surface area (Å²) in [5.74, 6) is 0.421. The fourth-order valence-electron chi connectivity index (χ4n) is 1.05. The monoisotopic (exact) mass is 265 g/mol. The Kier molecular flexibility index (Phi) is 6.36. The molecule has 1 amide bonds. The Morgan fingerprint density at radius 2 is 1.93 bits per heavy atom. The zero-order chi connectivity index (χ0) is 11.3. The number of likely N-dealkylation sites (N-methyl/N-ethyl adjacent to an activating group) is 1. The molecule has 0 aliphatic heterocycles. The smallest absolute Gasteiger partial charge is 0.236 e. The predicted molar refractivity (Wildman–Crippen MR) is 61.7 cm³/mol. The molecule has 0 heterocycles. The highest BCUT2D eigenvalue weighted by atomic mass is 79.9. The maximum Gasteiger partial charge on any atom is 0.236 e. The van der Waals surface area contributed by atoms with Crippen molar-refractivity contribution in [3.63, 3.8) is 0 Å². The van der Waals surface area contributed by atoms with E-state index in [1.807, 2.05) is 27.8 Å². The van der Waals surface area contributed by atoms with Crippen LogP contribution in [0.15, 0.2) is 0 Å². The Bertz CT molecular complexity index is 185. The van der Waals surface area contributed by atoms with Crippen molar-refractivity contribution in [1.29, 1.82) is 0 Å². The third kappa shape index (κ3) is 3.96. The molecule has 0 aliphatic carbocycles. The molecule has 0 saturated heterocycles. The lowest BCUT2D eigenvalue weighted by molar-refractivity contribution is -0.132. The first-order valence-corrected chi connectivity index (χ1v) is 5.73. The minimum atomic E-state index is -0.105. The van der Waals surface area contributed by atoms with E-state index in [1.54, 1.807) is 12.0 Å². The summed E-state index contributed by atoms with van der Waals surface area (Å²) in [6.45, 7) is 6.58. The van der Waals surface area contributed by atoms with E-state index in [2.05, 4.69) is 15.9 Å². The van der Waals surface area contributed by atoms with Gasteiger partial charge in [0.15, 0.2) is 0 Å². The number of hydrogen-bond acceptors (Lipinski definition) is 2. The summed E-state index contributed by atoms with van der Waals surface area (Å²) in [6, 6.07) is 0.117. The van der Waals surface area contributed by atoms with Crippen LogP contribution in [0.3, 0.4) is 0 Å². The summed E-state index contributed by atoms with van der Waals surface area (Å²) in [7, 11) is 3.45. The van der Waals surface area contributed by atoms with E-state index in [0.29, 0.717) is 12.5 Å². The van der Waals surface area contributed by atoms with Gasteiger partial charge in [-0.25, -0.2) is 0 Å². The molecule has 2 atom stereocenters. The molecule has 0 aromatic rings. The average Bonchev–Trinajstić information content (AvgIpc) is 2.14. The van der Waals surface area contributed by atoms with Crippen molar-refractivity contribution in [2.45, 2.75) is 31.6 Å². The van der Waals surface area contributed by atoms with Gasteiger partial charge >= 0.3 is 0 Å². The number of rotatable bonds is 5. The van der Waals surface area contributed by atoms with Gasteiger partial charge in [-0.15, -0.1) is 0 Å². The van der Waals surface area contributed by atoms with Gasteiger partial charge in [0.25, 0.3) is 0 Å². The molecule has 0 fully saturated rings. The van der Waals surface area contributed by atoms with Crippen LogP contribution in [0.1, 0.15) is 20.8 Å². The molecule has 84 valence electrons. The van der Waals surface area contributed by atoms with Gasteiger partial charge in [0.2, 0.25) is 5.91 Å². The van der Waals surface area contributed by atoms with Crippen molar-refractivity contribution >= 4 is 21.8 Å². The second kappa shape index (κ2) is 6.40. The van der Waals surface area contributed by atoms with Crippen LogP contribution in [0.2, 0.25) is 0 Å². The first-order valence-electron chi connectivity index (χ1n) is 4.81. The second-order valence-electron chi connectivity index (χ2n) is 3.90. The third-order valence-electron chi connectivity index (χ3n) is 2.24. The van der Waals surface area contributed by atoms with Crippen LogP contribution in [0, 0.1) is 5.92 Å². The minimum absolute atomic E-state index is 0.105. The number of nitrogens with zero attached hydrogens (tertiary/aromatic N) is 1. The molecule has 14 heavy (non-hydrogen) atoms. The molecule has 0 bridgehead atoms. The molecule has 4 heteroatoms. The van der Waals surface area contributed by atoms with Gasteiger partial charge in [0, 0.05) is 14.2 Å².